The van der Waals surface area contributed by atoms with Crippen LogP contribution in [-0.4, -0.2) is 37.8 Å². The summed E-state index contributed by atoms with van der Waals surface area (Å²) in [5.74, 6) is 0.262. The van der Waals surface area contributed by atoms with Crippen molar-refractivity contribution in [3.8, 4) is 5.75 Å². The van der Waals surface area contributed by atoms with Gasteiger partial charge in [-0.25, -0.2) is 13.4 Å². The fraction of sp³-hybridized carbons (Fsp3) is 0.130. The largest absolute Gasteiger partial charge is 0.494 e. The molecule has 0 spiro atoms. The van der Waals surface area contributed by atoms with Crippen molar-refractivity contribution in [1.29, 1.82) is 0 Å². The van der Waals surface area contributed by atoms with Gasteiger partial charge in [0.05, 0.1) is 16.7 Å². The summed E-state index contributed by atoms with van der Waals surface area (Å²) >= 11 is 1.34. The fourth-order valence-electron chi connectivity index (χ4n) is 3.19. The highest BCUT2D eigenvalue weighted by Gasteiger charge is 2.21. The summed E-state index contributed by atoms with van der Waals surface area (Å²) in [6.07, 6.45) is 0. The Labute approximate surface area is 190 Å². The van der Waals surface area contributed by atoms with Crippen LogP contribution in [0.1, 0.15) is 15.9 Å². The van der Waals surface area contributed by atoms with Crippen molar-refractivity contribution in [1.82, 2.24) is 9.29 Å². The lowest BCUT2D eigenvalue weighted by molar-refractivity contribution is 0.102. The van der Waals surface area contributed by atoms with Gasteiger partial charge in [-0.2, -0.15) is 4.31 Å². The second kappa shape index (κ2) is 9.07. The number of ether oxygens (including phenoxy) is 1. The maximum atomic E-state index is 12.9. The van der Waals surface area contributed by atoms with Crippen LogP contribution in [0.2, 0.25) is 0 Å². The molecule has 0 aliphatic rings. The van der Waals surface area contributed by atoms with E-state index >= 15 is 0 Å². The molecule has 1 amide bonds. The van der Waals surface area contributed by atoms with E-state index in [4.69, 9.17) is 4.74 Å². The van der Waals surface area contributed by atoms with Gasteiger partial charge < -0.3 is 4.74 Å². The Morgan fingerprint density at radius 2 is 1.75 bits per heavy atom. The van der Waals surface area contributed by atoms with Gasteiger partial charge in [-0.1, -0.05) is 47.7 Å². The van der Waals surface area contributed by atoms with Gasteiger partial charge in [0.15, 0.2) is 5.13 Å². The highest BCUT2D eigenvalue weighted by atomic mass is 32.2. The molecule has 164 valence electrons. The minimum Gasteiger partial charge on any atom is -0.494 e. The third-order valence-electron chi connectivity index (χ3n) is 4.90. The fourth-order valence-corrected chi connectivity index (χ4v) is 5.23. The van der Waals surface area contributed by atoms with E-state index in [1.165, 1.54) is 47.0 Å². The van der Waals surface area contributed by atoms with Crippen molar-refractivity contribution in [2.45, 2.75) is 11.4 Å². The number of carbonyl (C=O) groups excluding carboxylic acids is 1. The molecule has 7 nitrogen and oxygen atoms in total. The molecule has 4 rings (SSSR count). The topological polar surface area (TPSA) is 88.6 Å². The van der Waals surface area contributed by atoms with Crippen molar-refractivity contribution in [3.05, 3.63) is 83.9 Å². The first-order valence-electron chi connectivity index (χ1n) is 9.74. The highest BCUT2D eigenvalue weighted by Crippen LogP contribution is 2.32. The molecular formula is C23H21N3O4S2. The molecule has 0 atom stereocenters. The average molecular weight is 468 g/mol. The Kier molecular flexibility index (Phi) is 6.22. The van der Waals surface area contributed by atoms with Gasteiger partial charge in [-0.15, -0.1) is 0 Å². The van der Waals surface area contributed by atoms with E-state index in [1.54, 1.807) is 7.11 Å². The molecule has 0 bridgehead atoms. The summed E-state index contributed by atoms with van der Waals surface area (Å²) in [5, 5.41) is 3.20. The van der Waals surface area contributed by atoms with Crippen molar-refractivity contribution in [3.63, 3.8) is 0 Å². The number of carbonyl (C=O) groups is 1. The van der Waals surface area contributed by atoms with Crippen LogP contribution in [-0.2, 0) is 16.6 Å². The zero-order valence-electron chi connectivity index (χ0n) is 17.5. The maximum Gasteiger partial charge on any atom is 0.257 e. The molecule has 1 heterocycles. The molecule has 3 aromatic carbocycles. The van der Waals surface area contributed by atoms with Gasteiger partial charge in [0.2, 0.25) is 10.0 Å². The summed E-state index contributed by atoms with van der Waals surface area (Å²) < 4.78 is 33.2. The second-order valence-electron chi connectivity index (χ2n) is 7.05. The summed E-state index contributed by atoms with van der Waals surface area (Å²) in [6, 6.07) is 20.8. The third kappa shape index (κ3) is 4.50. The number of hydrogen-bond acceptors (Lipinski definition) is 6. The molecule has 0 saturated heterocycles. The van der Waals surface area contributed by atoms with E-state index in [1.807, 2.05) is 48.5 Å². The molecule has 1 N–H and O–H groups in total. The molecule has 0 aliphatic heterocycles. The number of aromatic nitrogens is 1. The summed E-state index contributed by atoms with van der Waals surface area (Å²) in [4.78, 5) is 17.2. The Hall–Kier alpha value is -3.27. The lowest BCUT2D eigenvalue weighted by Gasteiger charge is -2.17. The lowest BCUT2D eigenvalue weighted by atomic mass is 10.2. The van der Waals surface area contributed by atoms with Crippen LogP contribution in [0.3, 0.4) is 0 Å². The number of benzene rings is 3. The van der Waals surface area contributed by atoms with E-state index in [0.29, 0.717) is 22.0 Å². The van der Waals surface area contributed by atoms with Gasteiger partial charge in [0, 0.05) is 19.2 Å². The van der Waals surface area contributed by atoms with Crippen LogP contribution in [0.4, 0.5) is 5.13 Å². The Morgan fingerprint density at radius 3 is 2.44 bits per heavy atom. The van der Waals surface area contributed by atoms with E-state index in [2.05, 4.69) is 10.3 Å². The Morgan fingerprint density at radius 1 is 1.03 bits per heavy atom. The van der Waals surface area contributed by atoms with Crippen molar-refractivity contribution in [2.24, 2.45) is 0 Å². The SMILES string of the molecule is COc1cccc2sc(NC(=O)c3ccc(S(=O)(=O)N(C)Cc4ccccc4)cc3)nc12. The molecule has 0 radical (unpaired) electrons. The van der Waals surface area contributed by atoms with E-state index in [9.17, 15) is 13.2 Å². The third-order valence-corrected chi connectivity index (χ3v) is 7.65. The minimum atomic E-state index is -3.69. The zero-order chi connectivity index (χ0) is 22.7. The lowest BCUT2D eigenvalue weighted by Crippen LogP contribution is -2.26. The van der Waals surface area contributed by atoms with Gasteiger partial charge in [0.25, 0.3) is 5.91 Å². The number of rotatable bonds is 7. The number of amides is 1. The molecule has 9 heteroatoms. The molecule has 0 fully saturated rings. The smallest absolute Gasteiger partial charge is 0.257 e. The monoisotopic (exact) mass is 467 g/mol. The molecule has 0 aliphatic carbocycles. The number of methoxy groups -OCH3 is 1. The van der Waals surface area contributed by atoms with Crippen LogP contribution < -0.4 is 10.1 Å². The average Bonchev–Trinajstić information content (AvgIpc) is 3.22. The highest BCUT2D eigenvalue weighted by molar-refractivity contribution is 7.89. The first kappa shape index (κ1) is 21.9. The van der Waals surface area contributed by atoms with E-state index < -0.39 is 10.0 Å². The normalized spacial score (nSPS) is 11.6. The van der Waals surface area contributed by atoms with Crippen LogP contribution >= 0.6 is 11.3 Å². The number of fused-ring (bicyclic) bond motifs is 1. The molecular weight excluding hydrogens is 446 g/mol. The summed E-state index contributed by atoms with van der Waals surface area (Å²) in [5.41, 5.74) is 1.90. The number of nitrogens with one attached hydrogen (secondary N) is 1. The van der Waals surface area contributed by atoms with Crippen molar-refractivity contribution in [2.75, 3.05) is 19.5 Å². The minimum absolute atomic E-state index is 0.122. The van der Waals surface area contributed by atoms with Gasteiger partial charge >= 0.3 is 0 Å². The molecule has 0 saturated carbocycles. The number of thiazole rings is 1. The summed E-state index contributed by atoms with van der Waals surface area (Å²) in [6.45, 7) is 0.256. The number of anilines is 1. The van der Waals surface area contributed by atoms with Gasteiger partial charge in [-0.05, 0) is 42.0 Å². The molecule has 1 aromatic heterocycles. The zero-order valence-corrected chi connectivity index (χ0v) is 19.1. The van der Waals surface area contributed by atoms with Crippen LogP contribution in [0.25, 0.3) is 10.2 Å². The van der Waals surface area contributed by atoms with Gasteiger partial charge in [0.1, 0.15) is 11.3 Å². The van der Waals surface area contributed by atoms with Crippen molar-refractivity contribution >= 4 is 42.6 Å². The Balaban J connectivity index is 1.48. The summed E-state index contributed by atoms with van der Waals surface area (Å²) in [7, 11) is -0.585. The Bertz CT molecular complexity index is 1350. The predicted octanol–water partition coefficient (Wildman–Crippen LogP) is 4.38. The first-order chi connectivity index (χ1) is 15.4. The molecule has 0 unspecified atom stereocenters. The first-order valence-corrected chi connectivity index (χ1v) is 12.0. The number of para-hydroxylation sites is 1. The molecule has 32 heavy (non-hydrogen) atoms. The van der Waals surface area contributed by atoms with Gasteiger partial charge in [-0.3, -0.25) is 10.1 Å². The van der Waals surface area contributed by atoms with Crippen molar-refractivity contribution < 1.29 is 17.9 Å². The van der Waals surface area contributed by atoms with E-state index in [-0.39, 0.29) is 17.3 Å². The van der Waals surface area contributed by atoms with Crippen LogP contribution in [0.5, 0.6) is 5.75 Å². The number of hydrogen-bond donors (Lipinski definition) is 1. The quantitative estimate of drug-likeness (QED) is 0.436. The number of sulfonamides is 1. The standard InChI is InChI=1S/C23H21N3O4S2/c1-26(15-16-7-4-3-5-8-16)32(28,29)18-13-11-17(12-14-18)22(27)25-23-24-21-19(30-2)9-6-10-20(21)31-23/h3-14H,15H2,1-2H3,(H,24,25,27). The van der Waals surface area contributed by atoms with Crippen LogP contribution in [0.15, 0.2) is 77.7 Å². The van der Waals surface area contributed by atoms with Crippen LogP contribution in [0, 0.1) is 0 Å². The molecule has 4 aromatic rings. The predicted molar refractivity (Wildman–Crippen MR) is 126 cm³/mol. The number of nitrogens with zero attached hydrogens (tertiary/aromatic N) is 2. The maximum absolute atomic E-state index is 12.9. The second-order valence-corrected chi connectivity index (χ2v) is 10.1. The van der Waals surface area contributed by atoms with E-state index in [0.717, 1.165) is 10.3 Å².